The lowest BCUT2D eigenvalue weighted by Crippen LogP contribution is -2.25. The maximum absolute atomic E-state index is 11.4. The third-order valence-electron chi connectivity index (χ3n) is 3.12. The molecule has 2 nitrogen and oxygen atoms in total. The lowest BCUT2D eigenvalue weighted by atomic mass is 10.1. The van der Waals surface area contributed by atoms with Crippen molar-refractivity contribution in [1.29, 1.82) is 0 Å². The summed E-state index contributed by atoms with van der Waals surface area (Å²) in [6, 6.07) is 0. The minimum atomic E-state index is -0.0136. The lowest BCUT2D eigenvalue weighted by Gasteiger charge is -2.03. The van der Waals surface area contributed by atoms with Gasteiger partial charge in [-0.2, -0.15) is 0 Å². The standard InChI is InChI=1S/C19H31NO/c1-4-5-6-7-8-9-10-11-12-13-14-15-16-19(21)20-17-18(2)3/h1,13-16,18H,5-12,17H2,2-3H3,(H,20,21). The van der Waals surface area contributed by atoms with E-state index in [9.17, 15) is 4.79 Å². The SMILES string of the molecule is C#CCCCCCCCCC=CC=CC(=O)NCC(C)C. The molecule has 0 spiro atoms. The molecule has 0 unspecified atom stereocenters. The van der Waals surface area contributed by atoms with E-state index in [0.717, 1.165) is 19.4 Å². The summed E-state index contributed by atoms with van der Waals surface area (Å²) in [5.41, 5.74) is 0. The van der Waals surface area contributed by atoms with Crippen LogP contribution in [-0.4, -0.2) is 12.5 Å². The summed E-state index contributed by atoms with van der Waals surface area (Å²) in [5, 5.41) is 2.85. The second kappa shape index (κ2) is 14.9. The predicted octanol–water partition coefficient (Wildman–Crippen LogP) is 4.63. The molecule has 21 heavy (non-hydrogen) atoms. The van der Waals surface area contributed by atoms with Gasteiger partial charge in [0.15, 0.2) is 0 Å². The fourth-order valence-electron chi connectivity index (χ4n) is 1.88. The largest absolute Gasteiger partial charge is 0.352 e. The second-order valence-electron chi connectivity index (χ2n) is 5.79. The summed E-state index contributed by atoms with van der Waals surface area (Å²) in [4.78, 5) is 11.4. The van der Waals surface area contributed by atoms with Crippen molar-refractivity contribution < 1.29 is 4.79 Å². The third-order valence-corrected chi connectivity index (χ3v) is 3.12. The fraction of sp³-hybridized carbons (Fsp3) is 0.632. The summed E-state index contributed by atoms with van der Waals surface area (Å²) < 4.78 is 0. The fourth-order valence-corrected chi connectivity index (χ4v) is 1.88. The molecule has 2 heteroatoms. The Labute approximate surface area is 131 Å². The van der Waals surface area contributed by atoms with Gasteiger partial charge in [0.1, 0.15) is 0 Å². The molecule has 0 radical (unpaired) electrons. The number of rotatable bonds is 12. The van der Waals surface area contributed by atoms with Crippen molar-refractivity contribution in [3.63, 3.8) is 0 Å². The van der Waals surface area contributed by atoms with Crippen LogP contribution in [0.2, 0.25) is 0 Å². The molecular formula is C19H31NO. The number of amides is 1. The Hall–Kier alpha value is -1.49. The van der Waals surface area contributed by atoms with Crippen molar-refractivity contribution in [3.05, 3.63) is 24.3 Å². The van der Waals surface area contributed by atoms with Gasteiger partial charge in [-0.3, -0.25) is 4.79 Å². The van der Waals surface area contributed by atoms with Gasteiger partial charge in [-0.15, -0.1) is 12.3 Å². The van der Waals surface area contributed by atoms with Crippen LogP contribution in [0.5, 0.6) is 0 Å². The van der Waals surface area contributed by atoms with Gasteiger partial charge in [0.05, 0.1) is 0 Å². The topological polar surface area (TPSA) is 29.1 Å². The van der Waals surface area contributed by atoms with Crippen LogP contribution in [0.3, 0.4) is 0 Å². The molecule has 0 fully saturated rings. The first-order chi connectivity index (χ1) is 10.2. The average molecular weight is 289 g/mol. The molecule has 0 aliphatic heterocycles. The van der Waals surface area contributed by atoms with Crippen molar-refractivity contribution >= 4 is 5.91 Å². The highest BCUT2D eigenvalue weighted by Gasteiger charge is 1.95. The summed E-state index contributed by atoms with van der Waals surface area (Å²) in [7, 11) is 0. The Balaban J connectivity index is 3.40. The molecule has 0 rings (SSSR count). The first-order valence-electron chi connectivity index (χ1n) is 8.21. The molecule has 0 saturated heterocycles. The highest BCUT2D eigenvalue weighted by atomic mass is 16.1. The number of carbonyl (C=O) groups is 1. The smallest absolute Gasteiger partial charge is 0.243 e. The number of terminal acetylenes is 1. The van der Waals surface area contributed by atoms with E-state index in [4.69, 9.17) is 6.42 Å². The average Bonchev–Trinajstić information content (AvgIpc) is 2.46. The van der Waals surface area contributed by atoms with E-state index >= 15 is 0 Å². The summed E-state index contributed by atoms with van der Waals surface area (Å²) >= 11 is 0. The molecule has 0 aromatic carbocycles. The predicted molar refractivity (Wildman–Crippen MR) is 91.9 cm³/mol. The van der Waals surface area contributed by atoms with E-state index in [-0.39, 0.29) is 5.91 Å². The van der Waals surface area contributed by atoms with Gasteiger partial charge in [0.25, 0.3) is 0 Å². The van der Waals surface area contributed by atoms with Crippen molar-refractivity contribution in [2.45, 2.75) is 65.2 Å². The zero-order valence-corrected chi connectivity index (χ0v) is 13.7. The van der Waals surface area contributed by atoms with E-state index in [1.54, 1.807) is 6.08 Å². The van der Waals surface area contributed by atoms with Gasteiger partial charge < -0.3 is 5.32 Å². The number of allylic oxidation sites excluding steroid dienone is 3. The van der Waals surface area contributed by atoms with Crippen LogP contribution in [0.4, 0.5) is 0 Å². The lowest BCUT2D eigenvalue weighted by molar-refractivity contribution is -0.116. The van der Waals surface area contributed by atoms with Gasteiger partial charge >= 0.3 is 0 Å². The number of hydrogen-bond donors (Lipinski definition) is 1. The monoisotopic (exact) mass is 289 g/mol. The molecule has 0 aromatic heterocycles. The van der Waals surface area contributed by atoms with Crippen LogP contribution in [-0.2, 0) is 4.79 Å². The minimum absolute atomic E-state index is 0.0136. The summed E-state index contributed by atoms with van der Waals surface area (Å²) in [6.07, 6.45) is 22.2. The van der Waals surface area contributed by atoms with Gasteiger partial charge in [0.2, 0.25) is 5.91 Å². The second-order valence-corrected chi connectivity index (χ2v) is 5.79. The zero-order chi connectivity index (χ0) is 15.8. The molecule has 118 valence electrons. The Morgan fingerprint density at radius 1 is 1.10 bits per heavy atom. The van der Waals surface area contributed by atoms with E-state index in [1.165, 1.54) is 38.5 Å². The highest BCUT2D eigenvalue weighted by Crippen LogP contribution is 2.08. The molecule has 0 bridgehead atoms. The molecule has 0 aliphatic rings. The van der Waals surface area contributed by atoms with Gasteiger partial charge in [-0.05, 0) is 25.2 Å². The quantitative estimate of drug-likeness (QED) is 0.241. The molecule has 1 N–H and O–H groups in total. The Morgan fingerprint density at radius 3 is 2.43 bits per heavy atom. The Kier molecular flexibility index (Phi) is 13.9. The van der Waals surface area contributed by atoms with Crippen LogP contribution in [0.1, 0.15) is 65.2 Å². The zero-order valence-electron chi connectivity index (χ0n) is 13.7. The van der Waals surface area contributed by atoms with Crippen molar-refractivity contribution in [3.8, 4) is 12.3 Å². The van der Waals surface area contributed by atoms with Crippen molar-refractivity contribution in [2.75, 3.05) is 6.54 Å². The number of hydrogen-bond acceptors (Lipinski definition) is 1. The first-order valence-corrected chi connectivity index (χ1v) is 8.21. The van der Waals surface area contributed by atoms with Crippen LogP contribution < -0.4 is 5.32 Å². The number of unbranched alkanes of at least 4 members (excludes halogenated alkanes) is 7. The molecule has 0 atom stereocenters. The number of carbonyl (C=O) groups excluding carboxylic acids is 1. The van der Waals surface area contributed by atoms with Crippen LogP contribution in [0, 0.1) is 18.3 Å². The third kappa shape index (κ3) is 16.5. The van der Waals surface area contributed by atoms with E-state index in [2.05, 4.69) is 31.2 Å². The highest BCUT2D eigenvalue weighted by molar-refractivity contribution is 5.87. The van der Waals surface area contributed by atoms with Crippen LogP contribution >= 0.6 is 0 Å². The van der Waals surface area contributed by atoms with E-state index < -0.39 is 0 Å². The molecule has 0 aromatic rings. The normalized spacial score (nSPS) is 11.3. The van der Waals surface area contributed by atoms with Crippen molar-refractivity contribution in [2.24, 2.45) is 5.92 Å². The van der Waals surface area contributed by atoms with Crippen LogP contribution in [0.15, 0.2) is 24.3 Å². The van der Waals surface area contributed by atoms with Crippen molar-refractivity contribution in [1.82, 2.24) is 5.32 Å². The summed E-state index contributed by atoms with van der Waals surface area (Å²) in [6.45, 7) is 4.90. The van der Waals surface area contributed by atoms with Gasteiger partial charge in [0, 0.05) is 19.0 Å². The van der Waals surface area contributed by atoms with E-state index in [1.807, 2.05) is 12.2 Å². The first kappa shape index (κ1) is 19.5. The molecule has 1 amide bonds. The minimum Gasteiger partial charge on any atom is -0.352 e. The maximum atomic E-state index is 11.4. The molecule has 0 heterocycles. The van der Waals surface area contributed by atoms with Gasteiger partial charge in [-0.25, -0.2) is 0 Å². The maximum Gasteiger partial charge on any atom is 0.243 e. The molecule has 0 saturated carbocycles. The van der Waals surface area contributed by atoms with Crippen LogP contribution in [0.25, 0.3) is 0 Å². The van der Waals surface area contributed by atoms with E-state index in [0.29, 0.717) is 5.92 Å². The molecule has 0 aliphatic carbocycles. The summed E-state index contributed by atoms with van der Waals surface area (Å²) in [5.74, 6) is 3.15. The Morgan fingerprint density at radius 2 is 1.76 bits per heavy atom. The van der Waals surface area contributed by atoms with Gasteiger partial charge in [-0.1, -0.05) is 57.8 Å². The number of nitrogens with one attached hydrogen (secondary N) is 1. The molecular weight excluding hydrogens is 258 g/mol. The Bertz CT molecular complexity index is 347.